The summed E-state index contributed by atoms with van der Waals surface area (Å²) in [4.78, 5) is 28.4. The number of rotatable bonds is 5. The van der Waals surface area contributed by atoms with E-state index >= 15 is 0 Å². The summed E-state index contributed by atoms with van der Waals surface area (Å²) in [7, 11) is 4.27. The number of carbonyl (C=O) groups excluding carboxylic acids is 1. The topological polar surface area (TPSA) is 64.6 Å². The first-order valence-electron chi connectivity index (χ1n) is 11.9. The van der Waals surface area contributed by atoms with Crippen molar-refractivity contribution in [1.29, 1.82) is 0 Å². The van der Waals surface area contributed by atoms with Gasteiger partial charge in [0, 0.05) is 36.6 Å². The van der Waals surface area contributed by atoms with Crippen LogP contribution in [0.4, 0.5) is 23.0 Å². The number of thioether (sulfide) groups is 1. The lowest BCUT2D eigenvalue weighted by Gasteiger charge is -2.37. The molecule has 3 heterocycles. The van der Waals surface area contributed by atoms with Crippen molar-refractivity contribution < 1.29 is 4.79 Å². The van der Waals surface area contributed by atoms with Crippen LogP contribution < -0.4 is 15.1 Å². The zero-order valence-corrected chi connectivity index (χ0v) is 22.9. The molecule has 0 aliphatic carbocycles. The van der Waals surface area contributed by atoms with Crippen molar-refractivity contribution >= 4 is 63.9 Å². The predicted octanol–water partition coefficient (Wildman–Crippen LogP) is 5.75. The summed E-state index contributed by atoms with van der Waals surface area (Å²) in [5.41, 5.74) is 3.57. The molecule has 1 fully saturated rings. The second kappa shape index (κ2) is 10.8. The van der Waals surface area contributed by atoms with Crippen molar-refractivity contribution in [3.63, 3.8) is 0 Å². The molecule has 5 rings (SSSR count). The van der Waals surface area contributed by atoms with Crippen LogP contribution >= 0.6 is 35.0 Å². The lowest BCUT2D eigenvalue weighted by Crippen LogP contribution is -2.42. The van der Waals surface area contributed by atoms with Crippen LogP contribution in [0.3, 0.4) is 0 Å². The van der Waals surface area contributed by atoms with Crippen LogP contribution in [0.5, 0.6) is 0 Å². The molecule has 0 bridgehead atoms. The van der Waals surface area contributed by atoms with Gasteiger partial charge in [0.2, 0.25) is 5.95 Å². The third-order valence-corrected chi connectivity index (χ3v) is 8.29. The lowest BCUT2D eigenvalue weighted by molar-refractivity contribution is 0.0985. The Hall–Kier alpha value is -2.96. The van der Waals surface area contributed by atoms with Gasteiger partial charge in [0.05, 0.1) is 32.9 Å². The van der Waals surface area contributed by atoms with Gasteiger partial charge in [-0.05, 0) is 57.3 Å². The number of terminal acetylenes is 1. The molecule has 0 atom stereocenters. The van der Waals surface area contributed by atoms with Crippen molar-refractivity contribution in [1.82, 2.24) is 14.9 Å². The zero-order chi connectivity index (χ0) is 26.1. The van der Waals surface area contributed by atoms with E-state index in [1.54, 1.807) is 23.1 Å². The maximum Gasteiger partial charge on any atom is 0.263 e. The smallest absolute Gasteiger partial charge is 0.263 e. The molecule has 2 aromatic carbocycles. The number of piperidine rings is 1. The van der Waals surface area contributed by atoms with Crippen LogP contribution in [0.15, 0.2) is 47.6 Å². The number of aromatic nitrogens is 2. The number of hydrogen-bond acceptors (Lipinski definition) is 7. The molecule has 3 aromatic rings. The molecule has 0 spiro atoms. The highest BCUT2D eigenvalue weighted by molar-refractivity contribution is 7.99. The number of halogens is 2. The van der Waals surface area contributed by atoms with Crippen LogP contribution in [-0.4, -0.2) is 59.9 Å². The Morgan fingerprint density at radius 1 is 1.16 bits per heavy atom. The first-order valence-corrected chi connectivity index (χ1v) is 13.6. The molecule has 1 saturated heterocycles. The fraction of sp³-hybridized carbons (Fsp3) is 0.296. The fourth-order valence-corrected chi connectivity index (χ4v) is 6.23. The number of nitrogens with zero attached hydrogens (tertiary/aromatic N) is 5. The molecule has 1 aromatic heterocycles. The SMILES string of the molecule is C#Cc1cc(Nc2ncc3c(n2)SCN(c2c(Cl)cccc2Cl)C3=O)ccc1N1CCC(N(C)C)CC1. The van der Waals surface area contributed by atoms with E-state index in [1.165, 1.54) is 18.0 Å². The van der Waals surface area contributed by atoms with Gasteiger partial charge in [0.25, 0.3) is 5.91 Å². The Labute approximate surface area is 231 Å². The summed E-state index contributed by atoms with van der Waals surface area (Å²) in [5.74, 6) is 3.32. The van der Waals surface area contributed by atoms with Gasteiger partial charge in [-0.2, -0.15) is 0 Å². The molecule has 0 radical (unpaired) electrons. The Kier molecular flexibility index (Phi) is 7.50. The van der Waals surface area contributed by atoms with Crippen molar-refractivity contribution in [3.8, 4) is 12.3 Å². The maximum atomic E-state index is 13.2. The first-order chi connectivity index (χ1) is 17.9. The fourth-order valence-electron chi connectivity index (χ4n) is 4.68. The average Bonchev–Trinajstić information content (AvgIpc) is 2.90. The monoisotopic (exact) mass is 552 g/mol. The van der Waals surface area contributed by atoms with Gasteiger partial charge in [-0.25, -0.2) is 9.97 Å². The van der Waals surface area contributed by atoms with E-state index in [1.807, 2.05) is 12.1 Å². The van der Waals surface area contributed by atoms with Crippen LogP contribution in [0.1, 0.15) is 28.8 Å². The highest BCUT2D eigenvalue weighted by Gasteiger charge is 2.30. The van der Waals surface area contributed by atoms with Crippen LogP contribution in [0.2, 0.25) is 10.0 Å². The summed E-state index contributed by atoms with van der Waals surface area (Å²) >= 11 is 14.1. The summed E-state index contributed by atoms with van der Waals surface area (Å²) in [6.45, 7) is 1.94. The Morgan fingerprint density at radius 2 is 1.89 bits per heavy atom. The van der Waals surface area contributed by atoms with Crippen LogP contribution in [0.25, 0.3) is 0 Å². The molecule has 1 N–H and O–H groups in total. The summed E-state index contributed by atoms with van der Waals surface area (Å²) < 4.78 is 0. The molecule has 1 amide bonds. The zero-order valence-electron chi connectivity index (χ0n) is 20.5. The number of benzene rings is 2. The van der Waals surface area contributed by atoms with Crippen molar-refractivity contribution in [2.45, 2.75) is 23.9 Å². The molecule has 37 heavy (non-hydrogen) atoms. The average molecular weight is 554 g/mol. The van der Waals surface area contributed by atoms with E-state index in [0.29, 0.717) is 44.2 Å². The molecule has 2 aliphatic heterocycles. The highest BCUT2D eigenvalue weighted by atomic mass is 35.5. The lowest BCUT2D eigenvalue weighted by atomic mass is 10.0. The molecular formula is C27H26Cl2N6OS. The number of para-hydroxylation sites is 1. The number of hydrogen-bond donors (Lipinski definition) is 1. The third kappa shape index (κ3) is 5.23. The summed E-state index contributed by atoms with van der Waals surface area (Å²) in [6.07, 6.45) is 9.62. The van der Waals surface area contributed by atoms with E-state index in [2.05, 4.69) is 51.2 Å². The van der Waals surface area contributed by atoms with Crippen LogP contribution in [0, 0.1) is 12.3 Å². The second-order valence-corrected chi connectivity index (χ2v) is 10.9. The molecule has 2 aliphatic rings. The van der Waals surface area contributed by atoms with Gasteiger partial charge in [-0.1, -0.05) is 47.0 Å². The number of carbonyl (C=O) groups is 1. The summed E-state index contributed by atoms with van der Waals surface area (Å²) in [5, 5.41) is 4.66. The molecule has 0 unspecified atom stereocenters. The Morgan fingerprint density at radius 3 is 2.57 bits per heavy atom. The van der Waals surface area contributed by atoms with Crippen molar-refractivity contribution in [2.24, 2.45) is 0 Å². The van der Waals surface area contributed by atoms with E-state index in [-0.39, 0.29) is 5.91 Å². The molecule has 10 heteroatoms. The van der Waals surface area contributed by atoms with E-state index in [0.717, 1.165) is 42.9 Å². The highest BCUT2D eigenvalue weighted by Crippen LogP contribution is 2.39. The largest absolute Gasteiger partial charge is 0.370 e. The summed E-state index contributed by atoms with van der Waals surface area (Å²) in [6, 6.07) is 11.7. The van der Waals surface area contributed by atoms with E-state index in [9.17, 15) is 4.79 Å². The van der Waals surface area contributed by atoms with E-state index in [4.69, 9.17) is 29.6 Å². The van der Waals surface area contributed by atoms with Gasteiger partial charge in [0.15, 0.2) is 0 Å². The molecule has 190 valence electrons. The van der Waals surface area contributed by atoms with Gasteiger partial charge >= 0.3 is 0 Å². The van der Waals surface area contributed by atoms with E-state index < -0.39 is 0 Å². The standard InChI is InChI=1S/C27H26Cl2N6OS/c1-4-17-14-18(8-9-23(17)34-12-10-19(11-13-34)33(2)3)31-27-30-15-20-25(32-27)37-16-35(26(20)36)24-21(28)6-5-7-22(24)29/h1,5-9,14-15,19H,10-13,16H2,2-3H3,(H,30,31,32). The number of nitrogens with one attached hydrogen (secondary N) is 1. The van der Waals surface area contributed by atoms with Crippen molar-refractivity contribution in [2.75, 3.05) is 48.2 Å². The van der Waals surface area contributed by atoms with Gasteiger partial charge < -0.3 is 15.1 Å². The molecular weight excluding hydrogens is 527 g/mol. The van der Waals surface area contributed by atoms with Crippen LogP contribution in [-0.2, 0) is 0 Å². The Balaban J connectivity index is 1.32. The normalized spacial score (nSPS) is 16.1. The van der Waals surface area contributed by atoms with Gasteiger partial charge in [-0.15, -0.1) is 6.42 Å². The number of amides is 1. The third-order valence-electron chi connectivity index (χ3n) is 6.71. The quantitative estimate of drug-likeness (QED) is 0.319. The second-order valence-electron chi connectivity index (χ2n) is 9.17. The minimum absolute atomic E-state index is 0.243. The molecule has 7 nitrogen and oxygen atoms in total. The predicted molar refractivity (Wildman–Crippen MR) is 153 cm³/mol. The first kappa shape index (κ1) is 25.7. The van der Waals surface area contributed by atoms with Gasteiger partial charge in [0.1, 0.15) is 5.03 Å². The maximum absolute atomic E-state index is 13.2. The Bertz CT molecular complexity index is 1360. The number of anilines is 4. The molecule has 0 saturated carbocycles. The minimum atomic E-state index is -0.243. The number of fused-ring (bicyclic) bond motifs is 1. The minimum Gasteiger partial charge on any atom is -0.370 e. The van der Waals surface area contributed by atoms with Crippen molar-refractivity contribution in [3.05, 3.63) is 63.8 Å². The van der Waals surface area contributed by atoms with Gasteiger partial charge in [-0.3, -0.25) is 9.69 Å².